The van der Waals surface area contributed by atoms with Crippen molar-refractivity contribution < 1.29 is 9.59 Å². The van der Waals surface area contributed by atoms with Crippen molar-refractivity contribution in [2.24, 2.45) is 5.41 Å². The highest BCUT2D eigenvalue weighted by atomic mass is 16.2. The molecule has 21 heavy (non-hydrogen) atoms. The Morgan fingerprint density at radius 3 is 2.38 bits per heavy atom. The first kappa shape index (κ1) is 15.5. The number of rotatable bonds is 4. The SMILES string of the molecule is CC(=O)Nc1ccc(C(=O)NCC2(C)CCNCC2)cc1. The van der Waals surface area contributed by atoms with Crippen LogP contribution in [0.5, 0.6) is 0 Å². The van der Waals surface area contributed by atoms with E-state index in [9.17, 15) is 9.59 Å². The van der Waals surface area contributed by atoms with Gasteiger partial charge in [0.2, 0.25) is 5.91 Å². The molecule has 5 nitrogen and oxygen atoms in total. The van der Waals surface area contributed by atoms with Gasteiger partial charge in [-0.25, -0.2) is 0 Å². The minimum Gasteiger partial charge on any atom is -0.351 e. The second-order valence-corrected chi connectivity index (χ2v) is 6.00. The van der Waals surface area contributed by atoms with Crippen molar-refractivity contribution in [1.82, 2.24) is 10.6 Å². The quantitative estimate of drug-likeness (QED) is 0.791. The van der Waals surface area contributed by atoms with Gasteiger partial charge in [0.15, 0.2) is 0 Å². The highest BCUT2D eigenvalue weighted by molar-refractivity contribution is 5.95. The van der Waals surface area contributed by atoms with Crippen molar-refractivity contribution >= 4 is 17.5 Å². The number of amides is 2. The minimum absolute atomic E-state index is 0.0656. The van der Waals surface area contributed by atoms with Gasteiger partial charge in [-0.3, -0.25) is 9.59 Å². The van der Waals surface area contributed by atoms with Gasteiger partial charge in [-0.15, -0.1) is 0 Å². The molecule has 1 saturated heterocycles. The molecule has 0 aromatic heterocycles. The number of carbonyl (C=O) groups excluding carboxylic acids is 2. The Labute approximate surface area is 125 Å². The average Bonchev–Trinajstić information content (AvgIpc) is 2.46. The smallest absolute Gasteiger partial charge is 0.251 e. The van der Waals surface area contributed by atoms with E-state index in [0.29, 0.717) is 17.8 Å². The van der Waals surface area contributed by atoms with Crippen LogP contribution in [0.15, 0.2) is 24.3 Å². The standard InChI is InChI=1S/C16H23N3O2/c1-12(20)19-14-5-3-13(4-6-14)15(21)18-11-16(2)7-9-17-10-8-16/h3-6,17H,7-11H2,1-2H3,(H,18,21)(H,19,20). The number of anilines is 1. The fourth-order valence-corrected chi connectivity index (χ4v) is 2.51. The van der Waals surface area contributed by atoms with E-state index < -0.39 is 0 Å². The first-order valence-electron chi connectivity index (χ1n) is 7.35. The van der Waals surface area contributed by atoms with Crippen LogP contribution in [0.2, 0.25) is 0 Å². The van der Waals surface area contributed by atoms with E-state index in [1.807, 2.05) is 0 Å². The summed E-state index contributed by atoms with van der Waals surface area (Å²) in [5.41, 5.74) is 1.49. The van der Waals surface area contributed by atoms with Crippen LogP contribution in [0, 0.1) is 5.41 Å². The molecule has 0 saturated carbocycles. The van der Waals surface area contributed by atoms with Crippen LogP contribution in [0.4, 0.5) is 5.69 Å². The number of hydrogen-bond donors (Lipinski definition) is 3. The van der Waals surface area contributed by atoms with Crippen LogP contribution in [0.3, 0.4) is 0 Å². The molecule has 1 fully saturated rings. The van der Waals surface area contributed by atoms with Crippen molar-refractivity contribution in [2.45, 2.75) is 26.7 Å². The predicted molar refractivity (Wildman–Crippen MR) is 83.3 cm³/mol. The van der Waals surface area contributed by atoms with Crippen molar-refractivity contribution in [3.8, 4) is 0 Å². The van der Waals surface area contributed by atoms with Crippen LogP contribution in [0.1, 0.15) is 37.0 Å². The van der Waals surface area contributed by atoms with Crippen LogP contribution in [0.25, 0.3) is 0 Å². The van der Waals surface area contributed by atoms with Gasteiger partial charge in [-0.1, -0.05) is 6.92 Å². The Morgan fingerprint density at radius 2 is 1.81 bits per heavy atom. The Balaban J connectivity index is 1.89. The summed E-state index contributed by atoms with van der Waals surface area (Å²) in [6.45, 7) is 6.39. The maximum atomic E-state index is 12.1. The van der Waals surface area contributed by atoms with Crippen molar-refractivity contribution in [1.29, 1.82) is 0 Å². The number of carbonyl (C=O) groups is 2. The molecule has 0 atom stereocenters. The molecule has 0 aliphatic carbocycles. The van der Waals surface area contributed by atoms with Crippen LogP contribution >= 0.6 is 0 Å². The molecule has 1 heterocycles. The third-order valence-corrected chi connectivity index (χ3v) is 3.95. The van der Waals surface area contributed by atoms with E-state index in [1.165, 1.54) is 6.92 Å². The molecule has 1 aromatic carbocycles. The first-order chi connectivity index (χ1) is 9.98. The summed E-state index contributed by atoms with van der Waals surface area (Å²) >= 11 is 0. The summed E-state index contributed by atoms with van der Waals surface area (Å²) in [6.07, 6.45) is 2.16. The molecule has 2 rings (SSSR count). The zero-order valence-corrected chi connectivity index (χ0v) is 12.7. The van der Waals surface area contributed by atoms with Gasteiger partial charge in [0.25, 0.3) is 5.91 Å². The summed E-state index contributed by atoms with van der Waals surface area (Å²) in [6, 6.07) is 6.93. The summed E-state index contributed by atoms with van der Waals surface area (Å²) < 4.78 is 0. The topological polar surface area (TPSA) is 70.2 Å². The Kier molecular flexibility index (Phi) is 4.96. The largest absolute Gasteiger partial charge is 0.351 e. The van der Waals surface area contributed by atoms with Crippen LogP contribution in [-0.2, 0) is 4.79 Å². The van der Waals surface area contributed by atoms with E-state index in [-0.39, 0.29) is 17.2 Å². The summed E-state index contributed by atoms with van der Waals surface area (Å²) in [5.74, 6) is -0.185. The van der Waals surface area contributed by atoms with Gasteiger partial charge in [-0.05, 0) is 55.6 Å². The third kappa shape index (κ3) is 4.56. The number of nitrogens with one attached hydrogen (secondary N) is 3. The Hall–Kier alpha value is -1.88. The Morgan fingerprint density at radius 1 is 1.19 bits per heavy atom. The lowest BCUT2D eigenvalue weighted by Crippen LogP contribution is -2.42. The monoisotopic (exact) mass is 289 g/mol. The van der Waals surface area contributed by atoms with Crippen LogP contribution in [-0.4, -0.2) is 31.4 Å². The molecule has 5 heteroatoms. The molecule has 0 bridgehead atoms. The molecule has 1 aliphatic heterocycles. The summed E-state index contributed by atoms with van der Waals surface area (Å²) in [7, 11) is 0. The average molecular weight is 289 g/mol. The number of hydrogen-bond acceptors (Lipinski definition) is 3. The summed E-state index contributed by atoms with van der Waals surface area (Å²) in [5, 5.41) is 9.03. The Bertz CT molecular complexity index is 505. The van der Waals surface area contributed by atoms with E-state index >= 15 is 0 Å². The summed E-state index contributed by atoms with van der Waals surface area (Å²) in [4.78, 5) is 23.1. The molecule has 0 spiro atoms. The molecular weight excluding hydrogens is 266 g/mol. The molecule has 114 valence electrons. The lowest BCUT2D eigenvalue weighted by atomic mass is 9.81. The minimum atomic E-state index is -0.119. The van der Waals surface area contributed by atoms with Crippen molar-refractivity contribution in [2.75, 3.05) is 25.0 Å². The number of piperidine rings is 1. The van der Waals surface area contributed by atoms with E-state index in [2.05, 4.69) is 22.9 Å². The van der Waals surface area contributed by atoms with E-state index in [4.69, 9.17) is 0 Å². The van der Waals surface area contributed by atoms with Crippen LogP contribution < -0.4 is 16.0 Å². The molecule has 2 amide bonds. The molecule has 0 unspecified atom stereocenters. The van der Waals surface area contributed by atoms with Gasteiger partial charge in [-0.2, -0.15) is 0 Å². The van der Waals surface area contributed by atoms with Crippen molar-refractivity contribution in [3.05, 3.63) is 29.8 Å². The zero-order valence-electron chi connectivity index (χ0n) is 12.7. The van der Waals surface area contributed by atoms with Gasteiger partial charge < -0.3 is 16.0 Å². The normalized spacial score (nSPS) is 17.0. The van der Waals surface area contributed by atoms with E-state index in [1.54, 1.807) is 24.3 Å². The van der Waals surface area contributed by atoms with Crippen molar-refractivity contribution in [3.63, 3.8) is 0 Å². The molecule has 3 N–H and O–H groups in total. The van der Waals surface area contributed by atoms with Gasteiger partial charge >= 0.3 is 0 Å². The zero-order chi connectivity index (χ0) is 15.3. The first-order valence-corrected chi connectivity index (χ1v) is 7.35. The molecular formula is C16H23N3O2. The third-order valence-electron chi connectivity index (χ3n) is 3.95. The molecule has 0 radical (unpaired) electrons. The lowest BCUT2D eigenvalue weighted by molar-refractivity contribution is -0.114. The van der Waals surface area contributed by atoms with E-state index in [0.717, 1.165) is 25.9 Å². The second-order valence-electron chi connectivity index (χ2n) is 6.00. The predicted octanol–water partition coefficient (Wildman–Crippen LogP) is 1.76. The van der Waals surface area contributed by atoms with Gasteiger partial charge in [0.1, 0.15) is 0 Å². The number of benzene rings is 1. The highest BCUT2D eigenvalue weighted by Gasteiger charge is 2.27. The van der Waals surface area contributed by atoms with Gasteiger partial charge in [0, 0.05) is 24.7 Å². The maximum absolute atomic E-state index is 12.1. The maximum Gasteiger partial charge on any atom is 0.251 e. The lowest BCUT2D eigenvalue weighted by Gasteiger charge is -2.34. The fraction of sp³-hybridized carbons (Fsp3) is 0.500. The molecule has 1 aromatic rings. The second kappa shape index (κ2) is 6.72. The highest BCUT2D eigenvalue weighted by Crippen LogP contribution is 2.26. The van der Waals surface area contributed by atoms with Gasteiger partial charge in [0.05, 0.1) is 0 Å². The fourth-order valence-electron chi connectivity index (χ4n) is 2.51. The molecule has 1 aliphatic rings.